The maximum Gasteiger partial charge on any atom is 0.338 e. The maximum absolute atomic E-state index is 12.5. The van der Waals surface area contributed by atoms with Crippen LogP contribution < -0.4 is 0 Å². The molecular formula is C32H22O4. The first-order valence-corrected chi connectivity index (χ1v) is 11.7. The molecule has 0 saturated heterocycles. The fourth-order valence-electron chi connectivity index (χ4n) is 5.14. The second-order valence-corrected chi connectivity index (χ2v) is 8.79. The van der Waals surface area contributed by atoms with E-state index in [-0.39, 0.29) is 0 Å². The molecule has 0 N–H and O–H groups in total. The van der Waals surface area contributed by atoms with E-state index in [1.54, 1.807) is 12.1 Å². The second kappa shape index (κ2) is 8.51. The Balaban J connectivity index is 1.47. The second-order valence-electron chi connectivity index (χ2n) is 8.79. The van der Waals surface area contributed by atoms with Gasteiger partial charge >= 0.3 is 11.9 Å². The molecule has 36 heavy (non-hydrogen) atoms. The van der Waals surface area contributed by atoms with E-state index in [1.165, 1.54) is 52.6 Å². The van der Waals surface area contributed by atoms with Gasteiger partial charge in [-0.15, -0.1) is 0 Å². The molecule has 6 aromatic carbocycles. The summed E-state index contributed by atoms with van der Waals surface area (Å²) < 4.78 is 9.77. The van der Waals surface area contributed by atoms with E-state index in [2.05, 4.69) is 66.7 Å². The molecule has 4 nitrogen and oxygen atoms in total. The lowest BCUT2D eigenvalue weighted by Gasteiger charge is -2.15. The lowest BCUT2D eigenvalue weighted by molar-refractivity contribution is 0.0600. The number of ether oxygens (including phenoxy) is 2. The number of methoxy groups -OCH3 is 2. The Morgan fingerprint density at radius 1 is 0.556 bits per heavy atom. The Morgan fingerprint density at radius 3 is 1.78 bits per heavy atom. The summed E-state index contributed by atoms with van der Waals surface area (Å²) in [5, 5.41) is 7.48. The Kier molecular flexibility index (Phi) is 5.15. The minimum Gasteiger partial charge on any atom is -0.465 e. The molecule has 0 aliphatic carbocycles. The first-order chi connectivity index (χ1) is 17.6. The van der Waals surface area contributed by atoms with Crippen molar-refractivity contribution in [1.82, 2.24) is 0 Å². The predicted octanol–water partition coefficient (Wildman–Crippen LogP) is 7.49. The average molecular weight is 471 g/mol. The summed E-state index contributed by atoms with van der Waals surface area (Å²) in [6.45, 7) is 0. The van der Waals surface area contributed by atoms with Crippen LogP contribution in [-0.4, -0.2) is 26.2 Å². The van der Waals surface area contributed by atoms with Crippen LogP contribution >= 0.6 is 0 Å². The number of carbonyl (C=O) groups excluding carboxylic acids is 2. The van der Waals surface area contributed by atoms with Crippen LogP contribution in [0.1, 0.15) is 20.7 Å². The normalized spacial score (nSPS) is 11.3. The van der Waals surface area contributed by atoms with Gasteiger partial charge in [-0.25, -0.2) is 9.59 Å². The van der Waals surface area contributed by atoms with Gasteiger partial charge in [0.1, 0.15) is 0 Å². The summed E-state index contributed by atoms with van der Waals surface area (Å²) >= 11 is 0. The summed E-state index contributed by atoms with van der Waals surface area (Å²) in [4.78, 5) is 24.5. The van der Waals surface area contributed by atoms with Crippen LogP contribution in [0.25, 0.3) is 54.6 Å². The van der Waals surface area contributed by atoms with Crippen LogP contribution in [0.3, 0.4) is 0 Å². The molecule has 0 aromatic heterocycles. The van der Waals surface area contributed by atoms with Gasteiger partial charge in [0.2, 0.25) is 0 Å². The predicted molar refractivity (Wildman–Crippen MR) is 144 cm³/mol. The number of hydrogen-bond donors (Lipinski definition) is 0. The van der Waals surface area contributed by atoms with Gasteiger partial charge in [0.25, 0.3) is 0 Å². The van der Waals surface area contributed by atoms with Crippen LogP contribution in [0.15, 0.2) is 97.1 Å². The summed E-state index contributed by atoms with van der Waals surface area (Å²) in [7, 11) is 2.64. The lowest BCUT2D eigenvalue weighted by atomic mass is 9.89. The van der Waals surface area contributed by atoms with Crippen molar-refractivity contribution >= 4 is 44.3 Å². The van der Waals surface area contributed by atoms with Crippen molar-refractivity contribution in [2.24, 2.45) is 0 Å². The molecule has 0 aliphatic heterocycles. The molecule has 0 fully saturated rings. The van der Waals surface area contributed by atoms with Crippen molar-refractivity contribution in [2.75, 3.05) is 14.2 Å². The van der Waals surface area contributed by atoms with E-state index in [4.69, 9.17) is 9.47 Å². The van der Waals surface area contributed by atoms with E-state index < -0.39 is 11.9 Å². The van der Waals surface area contributed by atoms with Crippen molar-refractivity contribution in [2.45, 2.75) is 0 Å². The minimum atomic E-state index is -0.508. The molecule has 0 spiro atoms. The highest BCUT2D eigenvalue weighted by Crippen LogP contribution is 2.39. The number of esters is 2. The largest absolute Gasteiger partial charge is 0.465 e. The molecule has 0 bridgehead atoms. The average Bonchev–Trinajstić information content (AvgIpc) is 2.94. The molecule has 4 heteroatoms. The summed E-state index contributed by atoms with van der Waals surface area (Å²) in [5.74, 6) is -1.01. The standard InChI is InChI=1S/C32H22O4/c1-35-31(33)24-14-16-26(28(18-24)32(34)36-2)20-8-6-19(7-9-20)25-15-12-23-11-10-21-4-3-5-22-13-17-27(25)30(23)29(21)22/h3-18H,1-2H3. The highest BCUT2D eigenvalue weighted by Gasteiger charge is 2.18. The first-order valence-electron chi connectivity index (χ1n) is 11.7. The van der Waals surface area contributed by atoms with Crippen molar-refractivity contribution in [3.05, 3.63) is 108 Å². The molecule has 0 heterocycles. The van der Waals surface area contributed by atoms with Crippen LogP contribution in [0.2, 0.25) is 0 Å². The fourth-order valence-corrected chi connectivity index (χ4v) is 5.14. The number of carbonyl (C=O) groups is 2. The first kappa shape index (κ1) is 21.8. The van der Waals surface area contributed by atoms with Gasteiger partial charge in [0.15, 0.2) is 0 Å². The Hall–Kier alpha value is -4.70. The van der Waals surface area contributed by atoms with E-state index in [9.17, 15) is 9.59 Å². The zero-order valence-electron chi connectivity index (χ0n) is 19.9. The van der Waals surface area contributed by atoms with Gasteiger partial charge < -0.3 is 9.47 Å². The zero-order chi connectivity index (χ0) is 24.8. The monoisotopic (exact) mass is 470 g/mol. The number of hydrogen-bond acceptors (Lipinski definition) is 4. The van der Waals surface area contributed by atoms with Crippen LogP contribution in [0.4, 0.5) is 0 Å². The number of benzene rings is 6. The zero-order valence-corrected chi connectivity index (χ0v) is 19.9. The van der Waals surface area contributed by atoms with Gasteiger partial charge in [0, 0.05) is 0 Å². The molecule has 0 amide bonds. The van der Waals surface area contributed by atoms with E-state index in [1.807, 2.05) is 12.1 Å². The van der Waals surface area contributed by atoms with E-state index >= 15 is 0 Å². The quantitative estimate of drug-likeness (QED) is 0.198. The van der Waals surface area contributed by atoms with E-state index in [0.29, 0.717) is 16.7 Å². The van der Waals surface area contributed by atoms with Gasteiger partial charge in [-0.2, -0.15) is 0 Å². The molecule has 0 aliphatic rings. The lowest BCUT2D eigenvalue weighted by Crippen LogP contribution is -2.08. The summed E-state index contributed by atoms with van der Waals surface area (Å²) in [6.07, 6.45) is 0. The topological polar surface area (TPSA) is 52.6 Å². The minimum absolute atomic E-state index is 0.298. The molecule has 0 unspecified atom stereocenters. The van der Waals surface area contributed by atoms with Crippen molar-refractivity contribution in [3.8, 4) is 22.3 Å². The van der Waals surface area contributed by atoms with Crippen LogP contribution in [-0.2, 0) is 9.47 Å². The van der Waals surface area contributed by atoms with Gasteiger partial charge in [-0.05, 0) is 66.7 Å². The molecule has 174 valence electrons. The SMILES string of the molecule is COC(=O)c1ccc(-c2ccc(-c3ccc4ccc5cccc6ccc3c4c56)cc2)c(C(=O)OC)c1. The summed E-state index contributed by atoms with van der Waals surface area (Å²) in [6, 6.07) is 32.6. The fraction of sp³-hybridized carbons (Fsp3) is 0.0625. The van der Waals surface area contributed by atoms with Crippen molar-refractivity contribution in [3.63, 3.8) is 0 Å². The highest BCUT2D eigenvalue weighted by atomic mass is 16.5. The third-order valence-electron chi connectivity index (χ3n) is 6.88. The van der Waals surface area contributed by atoms with Gasteiger partial charge in [-0.3, -0.25) is 0 Å². The Morgan fingerprint density at radius 2 is 1.11 bits per heavy atom. The third-order valence-corrected chi connectivity index (χ3v) is 6.88. The van der Waals surface area contributed by atoms with Crippen molar-refractivity contribution in [1.29, 1.82) is 0 Å². The van der Waals surface area contributed by atoms with Gasteiger partial charge in [-0.1, -0.05) is 84.9 Å². The maximum atomic E-state index is 12.5. The Bertz CT molecular complexity index is 1770. The summed E-state index contributed by atoms with van der Waals surface area (Å²) in [5.41, 5.74) is 4.40. The van der Waals surface area contributed by atoms with Gasteiger partial charge in [0.05, 0.1) is 25.3 Å². The van der Waals surface area contributed by atoms with Crippen LogP contribution in [0, 0.1) is 0 Å². The molecular weight excluding hydrogens is 448 g/mol. The molecule has 0 atom stereocenters. The molecule has 6 rings (SSSR count). The van der Waals surface area contributed by atoms with Crippen molar-refractivity contribution < 1.29 is 19.1 Å². The van der Waals surface area contributed by atoms with E-state index in [0.717, 1.165) is 16.7 Å². The third kappa shape index (κ3) is 3.38. The Labute approximate surface area is 208 Å². The van der Waals surface area contributed by atoms with Crippen LogP contribution in [0.5, 0.6) is 0 Å². The molecule has 6 aromatic rings. The molecule has 0 saturated carbocycles. The molecule has 0 radical (unpaired) electrons. The highest BCUT2D eigenvalue weighted by molar-refractivity contribution is 6.25. The smallest absolute Gasteiger partial charge is 0.338 e. The number of rotatable bonds is 4.